The minimum Gasteiger partial charge on any atom is -0.295 e. The molecule has 3 nitrogen and oxygen atoms in total. The fourth-order valence-electron chi connectivity index (χ4n) is 2.47. The van der Waals surface area contributed by atoms with Crippen molar-refractivity contribution in [2.24, 2.45) is 0 Å². The summed E-state index contributed by atoms with van der Waals surface area (Å²) >= 11 is 0. The smallest absolute Gasteiger partial charge is 0.274 e. The van der Waals surface area contributed by atoms with Crippen molar-refractivity contribution >= 4 is 0 Å². The Balaban J connectivity index is 2.56. The van der Waals surface area contributed by atoms with E-state index in [9.17, 15) is 4.79 Å². The predicted molar refractivity (Wildman–Crippen MR) is 79.1 cm³/mol. The van der Waals surface area contributed by atoms with Gasteiger partial charge in [-0.2, -0.15) is 0 Å². The predicted octanol–water partition coefficient (Wildman–Crippen LogP) is 3.38. The Morgan fingerprint density at radius 2 is 1.79 bits per heavy atom. The molecule has 0 saturated carbocycles. The molecular weight excluding hydrogens is 236 g/mol. The topological polar surface area (TPSA) is 37.8 Å². The molecule has 1 aromatic carbocycles. The maximum absolute atomic E-state index is 12.5. The van der Waals surface area contributed by atoms with Crippen LogP contribution in [-0.4, -0.2) is 9.78 Å². The fraction of sp³-hybridized carbons (Fsp3) is 0.438. The number of H-pyrrole nitrogens is 1. The van der Waals surface area contributed by atoms with E-state index in [0.717, 1.165) is 48.2 Å². The van der Waals surface area contributed by atoms with Gasteiger partial charge in [0.1, 0.15) is 0 Å². The first kappa shape index (κ1) is 13.7. The molecule has 3 heteroatoms. The number of hydrogen-bond acceptors (Lipinski definition) is 1. The summed E-state index contributed by atoms with van der Waals surface area (Å²) in [4.78, 5) is 12.5. The van der Waals surface area contributed by atoms with Crippen LogP contribution in [0.2, 0.25) is 0 Å². The van der Waals surface area contributed by atoms with E-state index in [1.165, 1.54) is 0 Å². The zero-order valence-electron chi connectivity index (χ0n) is 12.0. The van der Waals surface area contributed by atoms with E-state index in [2.05, 4.69) is 18.9 Å². The van der Waals surface area contributed by atoms with Gasteiger partial charge in [-0.15, -0.1) is 0 Å². The van der Waals surface area contributed by atoms with E-state index in [1.54, 1.807) is 4.68 Å². The molecule has 0 spiro atoms. The van der Waals surface area contributed by atoms with E-state index in [0.29, 0.717) is 0 Å². The van der Waals surface area contributed by atoms with Crippen LogP contribution in [0.3, 0.4) is 0 Å². The number of aromatic amines is 1. The molecule has 102 valence electrons. The minimum atomic E-state index is 0.111. The van der Waals surface area contributed by atoms with E-state index < -0.39 is 0 Å². The summed E-state index contributed by atoms with van der Waals surface area (Å²) in [5, 5.41) is 3.30. The highest BCUT2D eigenvalue weighted by Crippen LogP contribution is 2.14. The molecule has 1 heterocycles. The normalized spacial score (nSPS) is 10.9. The van der Waals surface area contributed by atoms with Crippen LogP contribution >= 0.6 is 0 Å². The summed E-state index contributed by atoms with van der Waals surface area (Å²) in [6.07, 6.45) is 3.83. The van der Waals surface area contributed by atoms with Crippen LogP contribution in [0.4, 0.5) is 0 Å². The first-order valence-electron chi connectivity index (χ1n) is 7.07. The van der Waals surface area contributed by atoms with Crippen molar-refractivity contribution in [3.05, 3.63) is 51.4 Å². The van der Waals surface area contributed by atoms with Gasteiger partial charge in [-0.1, -0.05) is 44.9 Å². The Kier molecular flexibility index (Phi) is 4.25. The Labute approximate surface area is 114 Å². The van der Waals surface area contributed by atoms with Crippen LogP contribution in [0, 0.1) is 6.92 Å². The first-order valence-corrected chi connectivity index (χ1v) is 7.07. The van der Waals surface area contributed by atoms with Gasteiger partial charge >= 0.3 is 0 Å². The highest BCUT2D eigenvalue weighted by molar-refractivity contribution is 5.40. The number of rotatable bonds is 5. The average molecular weight is 258 g/mol. The Hall–Kier alpha value is -1.77. The van der Waals surface area contributed by atoms with Crippen LogP contribution in [0.5, 0.6) is 0 Å². The summed E-state index contributed by atoms with van der Waals surface area (Å²) in [5.41, 5.74) is 4.22. The average Bonchev–Trinajstić information content (AvgIpc) is 2.69. The lowest BCUT2D eigenvalue weighted by molar-refractivity contribution is 0.788. The van der Waals surface area contributed by atoms with Gasteiger partial charge in [0, 0.05) is 11.3 Å². The zero-order valence-corrected chi connectivity index (χ0v) is 12.0. The standard InChI is InChI=1S/C16H22N2O/c1-4-8-13-14(9-5-2)17-18(16(13)19)15-11-7-6-10-12(15)3/h6-7,10-11,17H,4-5,8-9H2,1-3H3. The molecule has 0 radical (unpaired) electrons. The van der Waals surface area contributed by atoms with Gasteiger partial charge in [0.25, 0.3) is 5.56 Å². The number of aryl methyl sites for hydroxylation is 2. The summed E-state index contributed by atoms with van der Waals surface area (Å²) in [6.45, 7) is 6.28. The third kappa shape index (κ3) is 2.65. The van der Waals surface area contributed by atoms with E-state index >= 15 is 0 Å². The van der Waals surface area contributed by atoms with Crippen LogP contribution in [0.1, 0.15) is 43.5 Å². The molecule has 1 aromatic heterocycles. The maximum atomic E-state index is 12.5. The van der Waals surface area contributed by atoms with Crippen molar-refractivity contribution in [1.29, 1.82) is 0 Å². The second-order valence-corrected chi connectivity index (χ2v) is 5.00. The Morgan fingerprint density at radius 3 is 2.42 bits per heavy atom. The van der Waals surface area contributed by atoms with Crippen molar-refractivity contribution in [3.63, 3.8) is 0 Å². The lowest BCUT2D eigenvalue weighted by Crippen LogP contribution is -2.18. The molecule has 0 aliphatic carbocycles. The molecule has 2 aromatic rings. The first-order chi connectivity index (χ1) is 9.19. The summed E-state index contributed by atoms with van der Waals surface area (Å²) < 4.78 is 1.70. The highest BCUT2D eigenvalue weighted by Gasteiger charge is 2.14. The molecule has 19 heavy (non-hydrogen) atoms. The molecule has 0 amide bonds. The van der Waals surface area contributed by atoms with Crippen molar-refractivity contribution in [2.45, 2.75) is 46.5 Å². The largest absolute Gasteiger partial charge is 0.295 e. The minimum absolute atomic E-state index is 0.111. The van der Waals surface area contributed by atoms with Gasteiger partial charge in [-0.05, 0) is 31.4 Å². The molecule has 1 N–H and O–H groups in total. The fourth-order valence-corrected chi connectivity index (χ4v) is 2.47. The number of nitrogens with one attached hydrogen (secondary N) is 1. The van der Waals surface area contributed by atoms with E-state index in [4.69, 9.17) is 0 Å². The number of para-hydroxylation sites is 1. The second-order valence-electron chi connectivity index (χ2n) is 5.00. The molecule has 0 aliphatic heterocycles. The zero-order chi connectivity index (χ0) is 13.8. The quantitative estimate of drug-likeness (QED) is 0.877. The van der Waals surface area contributed by atoms with Crippen molar-refractivity contribution in [1.82, 2.24) is 9.78 Å². The van der Waals surface area contributed by atoms with Crippen LogP contribution in [-0.2, 0) is 12.8 Å². The van der Waals surface area contributed by atoms with Crippen LogP contribution in [0.25, 0.3) is 5.69 Å². The number of benzene rings is 1. The number of aromatic nitrogens is 2. The van der Waals surface area contributed by atoms with Crippen LogP contribution < -0.4 is 5.56 Å². The summed E-state index contributed by atoms with van der Waals surface area (Å²) in [7, 11) is 0. The van der Waals surface area contributed by atoms with Gasteiger partial charge < -0.3 is 0 Å². The highest BCUT2D eigenvalue weighted by atomic mass is 16.1. The van der Waals surface area contributed by atoms with Gasteiger partial charge in [0.05, 0.1) is 5.69 Å². The molecule has 0 atom stereocenters. The molecular formula is C16H22N2O. The molecule has 2 rings (SSSR count). The van der Waals surface area contributed by atoms with Crippen molar-refractivity contribution < 1.29 is 0 Å². The molecule has 0 unspecified atom stereocenters. The molecule has 0 bridgehead atoms. The lowest BCUT2D eigenvalue weighted by Gasteiger charge is -2.05. The Morgan fingerprint density at radius 1 is 1.11 bits per heavy atom. The number of hydrogen-bond donors (Lipinski definition) is 1. The third-order valence-electron chi connectivity index (χ3n) is 3.43. The van der Waals surface area contributed by atoms with Crippen LogP contribution in [0.15, 0.2) is 29.1 Å². The third-order valence-corrected chi connectivity index (χ3v) is 3.43. The van der Waals surface area contributed by atoms with E-state index in [1.807, 2.05) is 31.2 Å². The molecule has 0 aliphatic rings. The van der Waals surface area contributed by atoms with Gasteiger partial charge in [-0.3, -0.25) is 9.89 Å². The van der Waals surface area contributed by atoms with Gasteiger partial charge in [0.15, 0.2) is 0 Å². The summed E-state index contributed by atoms with van der Waals surface area (Å²) in [6, 6.07) is 7.97. The molecule has 0 saturated heterocycles. The Bertz CT molecular complexity index is 607. The molecule has 0 fully saturated rings. The van der Waals surface area contributed by atoms with Crippen molar-refractivity contribution in [3.8, 4) is 5.69 Å². The van der Waals surface area contributed by atoms with Gasteiger partial charge in [-0.25, -0.2) is 4.68 Å². The van der Waals surface area contributed by atoms with Gasteiger partial charge in [0.2, 0.25) is 0 Å². The number of nitrogens with zero attached hydrogens (tertiary/aromatic N) is 1. The second kappa shape index (κ2) is 5.91. The maximum Gasteiger partial charge on any atom is 0.274 e. The van der Waals surface area contributed by atoms with E-state index in [-0.39, 0.29) is 5.56 Å². The monoisotopic (exact) mass is 258 g/mol. The summed E-state index contributed by atoms with van der Waals surface area (Å²) in [5.74, 6) is 0. The van der Waals surface area contributed by atoms with Crippen molar-refractivity contribution in [2.75, 3.05) is 0 Å². The SMILES string of the molecule is CCCc1[nH]n(-c2ccccc2C)c(=O)c1CCC. The lowest BCUT2D eigenvalue weighted by atomic mass is 10.1.